The van der Waals surface area contributed by atoms with Crippen molar-refractivity contribution in [1.82, 2.24) is 15.3 Å². The molecule has 1 amide bonds. The molecule has 6 heteroatoms. The molecule has 0 unspecified atom stereocenters. The van der Waals surface area contributed by atoms with Crippen molar-refractivity contribution >= 4 is 22.6 Å². The number of nitrogens with one attached hydrogen (secondary N) is 2. The Bertz CT molecular complexity index is 799. The number of para-hydroxylation sites is 1. The fourth-order valence-electron chi connectivity index (χ4n) is 2.27. The second kappa shape index (κ2) is 6.91. The molecule has 0 aliphatic rings. The fourth-order valence-corrected chi connectivity index (χ4v) is 2.27. The molecule has 0 fully saturated rings. The summed E-state index contributed by atoms with van der Waals surface area (Å²) in [6, 6.07) is 11.2. The van der Waals surface area contributed by atoms with Crippen LogP contribution in [0.25, 0.3) is 10.9 Å². The maximum atomic E-state index is 11.8. The molecule has 23 heavy (non-hydrogen) atoms. The van der Waals surface area contributed by atoms with Crippen molar-refractivity contribution in [2.24, 2.45) is 0 Å². The van der Waals surface area contributed by atoms with Crippen LogP contribution < -0.4 is 10.6 Å². The normalized spacial score (nSPS) is 10.7. The van der Waals surface area contributed by atoms with Gasteiger partial charge in [-0.15, -0.1) is 0 Å². The monoisotopic (exact) mass is 310 g/mol. The van der Waals surface area contributed by atoms with Crippen LogP contribution >= 0.6 is 0 Å². The molecule has 0 saturated carbocycles. The zero-order valence-corrected chi connectivity index (χ0v) is 12.9. The molecule has 1 aromatic carbocycles. The maximum absolute atomic E-state index is 11.8. The molecule has 0 spiro atoms. The number of aryl methyl sites for hydroxylation is 1. The maximum Gasteiger partial charge on any atom is 0.287 e. The fraction of sp³-hybridized carbons (Fsp3) is 0.235. The molecule has 0 aliphatic heterocycles. The summed E-state index contributed by atoms with van der Waals surface area (Å²) in [6.07, 6.45) is 2.25. The standard InChI is InChI=1S/C17H18N4O2/c1-2-15-20-13-7-4-3-6-12(13)16(21-15)18-9-10-19-17(22)14-8-5-11-23-14/h3-8,11H,2,9-10H2,1H3,(H,19,22)(H,18,20,21). The van der Waals surface area contributed by atoms with Crippen molar-refractivity contribution in [3.8, 4) is 0 Å². The van der Waals surface area contributed by atoms with Gasteiger partial charge in [-0.3, -0.25) is 4.79 Å². The first kappa shape index (κ1) is 15.0. The average molecular weight is 310 g/mol. The van der Waals surface area contributed by atoms with E-state index < -0.39 is 0 Å². The van der Waals surface area contributed by atoms with Crippen molar-refractivity contribution in [3.63, 3.8) is 0 Å². The number of furan rings is 1. The quantitative estimate of drug-likeness (QED) is 0.684. The zero-order valence-electron chi connectivity index (χ0n) is 12.9. The van der Waals surface area contributed by atoms with E-state index in [0.29, 0.717) is 18.8 Å². The largest absolute Gasteiger partial charge is 0.459 e. The highest BCUT2D eigenvalue weighted by molar-refractivity contribution is 5.91. The molecule has 118 valence electrons. The molecule has 0 bridgehead atoms. The lowest BCUT2D eigenvalue weighted by atomic mass is 10.2. The van der Waals surface area contributed by atoms with Gasteiger partial charge in [0.15, 0.2) is 5.76 Å². The van der Waals surface area contributed by atoms with Gasteiger partial charge in [0.2, 0.25) is 0 Å². The van der Waals surface area contributed by atoms with Gasteiger partial charge in [0.1, 0.15) is 11.6 Å². The number of amides is 1. The third-order valence-electron chi connectivity index (χ3n) is 3.41. The van der Waals surface area contributed by atoms with Gasteiger partial charge in [0.05, 0.1) is 11.8 Å². The number of fused-ring (bicyclic) bond motifs is 1. The van der Waals surface area contributed by atoms with E-state index in [2.05, 4.69) is 20.6 Å². The smallest absolute Gasteiger partial charge is 0.287 e. The van der Waals surface area contributed by atoms with Gasteiger partial charge in [-0.2, -0.15) is 0 Å². The number of hydrogen-bond donors (Lipinski definition) is 2. The third-order valence-corrected chi connectivity index (χ3v) is 3.41. The zero-order chi connectivity index (χ0) is 16.1. The second-order valence-corrected chi connectivity index (χ2v) is 5.02. The lowest BCUT2D eigenvalue weighted by Gasteiger charge is -2.10. The van der Waals surface area contributed by atoms with E-state index in [1.54, 1.807) is 12.1 Å². The molecule has 0 atom stereocenters. The highest BCUT2D eigenvalue weighted by Gasteiger charge is 2.08. The van der Waals surface area contributed by atoms with Crippen molar-refractivity contribution in [2.75, 3.05) is 18.4 Å². The Morgan fingerprint density at radius 2 is 2.00 bits per heavy atom. The topological polar surface area (TPSA) is 80.0 Å². The van der Waals surface area contributed by atoms with Crippen molar-refractivity contribution < 1.29 is 9.21 Å². The molecular formula is C17H18N4O2. The number of benzene rings is 1. The summed E-state index contributed by atoms with van der Waals surface area (Å²) in [7, 11) is 0. The number of aromatic nitrogens is 2. The molecule has 0 radical (unpaired) electrons. The first-order valence-corrected chi connectivity index (χ1v) is 7.59. The van der Waals surface area contributed by atoms with Crippen LogP contribution in [-0.2, 0) is 6.42 Å². The Labute approximate surface area is 133 Å². The summed E-state index contributed by atoms with van der Waals surface area (Å²) in [5, 5.41) is 7.03. The number of carbonyl (C=O) groups excluding carboxylic acids is 1. The summed E-state index contributed by atoms with van der Waals surface area (Å²) >= 11 is 0. The van der Waals surface area contributed by atoms with Crippen molar-refractivity contribution in [1.29, 1.82) is 0 Å². The molecule has 0 saturated heterocycles. The van der Waals surface area contributed by atoms with Crippen LogP contribution in [-0.4, -0.2) is 29.0 Å². The molecule has 0 aliphatic carbocycles. The van der Waals surface area contributed by atoms with Crippen LogP contribution in [0.15, 0.2) is 47.1 Å². The minimum atomic E-state index is -0.224. The lowest BCUT2D eigenvalue weighted by Crippen LogP contribution is -2.28. The van der Waals surface area contributed by atoms with Crippen molar-refractivity contribution in [2.45, 2.75) is 13.3 Å². The molecule has 2 heterocycles. The minimum Gasteiger partial charge on any atom is -0.459 e. The first-order chi connectivity index (χ1) is 11.3. The number of hydrogen-bond acceptors (Lipinski definition) is 5. The van der Waals surface area contributed by atoms with Crippen LogP contribution in [0.5, 0.6) is 0 Å². The van der Waals surface area contributed by atoms with Gasteiger partial charge in [-0.05, 0) is 24.3 Å². The van der Waals surface area contributed by atoms with Gasteiger partial charge in [0, 0.05) is 24.9 Å². The van der Waals surface area contributed by atoms with Gasteiger partial charge < -0.3 is 15.1 Å². The van der Waals surface area contributed by atoms with E-state index in [-0.39, 0.29) is 5.91 Å². The van der Waals surface area contributed by atoms with Crippen LogP contribution in [0.3, 0.4) is 0 Å². The highest BCUT2D eigenvalue weighted by Crippen LogP contribution is 2.19. The third kappa shape index (κ3) is 3.48. The predicted octanol–water partition coefficient (Wildman–Crippen LogP) is 2.63. The second-order valence-electron chi connectivity index (χ2n) is 5.02. The van der Waals surface area contributed by atoms with E-state index in [4.69, 9.17) is 4.42 Å². The van der Waals surface area contributed by atoms with Gasteiger partial charge >= 0.3 is 0 Å². The van der Waals surface area contributed by atoms with Crippen molar-refractivity contribution in [3.05, 3.63) is 54.2 Å². The van der Waals surface area contributed by atoms with E-state index in [1.165, 1.54) is 6.26 Å². The Morgan fingerprint density at radius 3 is 2.78 bits per heavy atom. The van der Waals surface area contributed by atoms with E-state index in [0.717, 1.165) is 29.0 Å². The summed E-state index contributed by atoms with van der Waals surface area (Å²) < 4.78 is 5.05. The van der Waals surface area contributed by atoms with Gasteiger partial charge in [-0.25, -0.2) is 9.97 Å². The Morgan fingerprint density at radius 1 is 1.13 bits per heavy atom. The van der Waals surface area contributed by atoms with E-state index >= 15 is 0 Å². The van der Waals surface area contributed by atoms with Crippen LogP contribution in [0, 0.1) is 0 Å². The van der Waals surface area contributed by atoms with Gasteiger partial charge in [0.25, 0.3) is 5.91 Å². The molecule has 3 aromatic rings. The predicted molar refractivity (Wildman–Crippen MR) is 88.4 cm³/mol. The highest BCUT2D eigenvalue weighted by atomic mass is 16.3. The van der Waals surface area contributed by atoms with Crippen LogP contribution in [0.2, 0.25) is 0 Å². The number of nitrogens with zero attached hydrogens (tertiary/aromatic N) is 2. The molecule has 3 rings (SSSR count). The Kier molecular flexibility index (Phi) is 4.52. The molecule has 2 aromatic heterocycles. The number of carbonyl (C=O) groups is 1. The lowest BCUT2D eigenvalue weighted by molar-refractivity contribution is 0.0927. The molecule has 2 N–H and O–H groups in total. The molecule has 6 nitrogen and oxygen atoms in total. The number of anilines is 1. The Balaban J connectivity index is 1.64. The Hall–Kier alpha value is -2.89. The van der Waals surface area contributed by atoms with Crippen LogP contribution in [0.4, 0.5) is 5.82 Å². The number of rotatable bonds is 6. The van der Waals surface area contributed by atoms with E-state index in [9.17, 15) is 4.79 Å². The van der Waals surface area contributed by atoms with Gasteiger partial charge in [-0.1, -0.05) is 19.1 Å². The summed E-state index contributed by atoms with van der Waals surface area (Å²) in [6.45, 7) is 3.06. The SMILES string of the molecule is CCc1nc(NCCNC(=O)c2ccco2)c2ccccc2n1. The van der Waals surface area contributed by atoms with E-state index in [1.807, 2.05) is 31.2 Å². The minimum absolute atomic E-state index is 0.224. The average Bonchev–Trinajstić information content (AvgIpc) is 3.12. The summed E-state index contributed by atoms with van der Waals surface area (Å²) in [5.41, 5.74) is 0.918. The van der Waals surface area contributed by atoms with Crippen LogP contribution in [0.1, 0.15) is 23.3 Å². The first-order valence-electron chi connectivity index (χ1n) is 7.59. The molecular weight excluding hydrogens is 292 g/mol. The summed E-state index contributed by atoms with van der Waals surface area (Å²) in [5.74, 6) is 1.68. The summed E-state index contributed by atoms with van der Waals surface area (Å²) in [4.78, 5) is 20.8.